The molecule has 1 aliphatic rings. The van der Waals surface area contributed by atoms with E-state index in [1.807, 2.05) is 0 Å². The van der Waals surface area contributed by atoms with Crippen molar-refractivity contribution in [3.63, 3.8) is 0 Å². The molecule has 0 aromatic rings. The summed E-state index contributed by atoms with van der Waals surface area (Å²) in [5.74, 6) is 0.317. The molecule has 2 nitrogen and oxygen atoms in total. The molecule has 0 bridgehead atoms. The molecule has 13 heavy (non-hydrogen) atoms. The molecular weight excluding hydrogens is 162 g/mol. The first-order valence-electron chi connectivity index (χ1n) is 5.37. The number of ketones is 1. The van der Waals surface area contributed by atoms with Crippen LogP contribution in [0.4, 0.5) is 0 Å². The average Bonchev–Trinajstić information content (AvgIpc) is 2.17. The number of nitrogens with zero attached hydrogens (tertiary/aromatic N) is 1. The standard InChI is InChI=1S/C11H21NO/c1-4-11(3,10(2)13)12-8-6-5-7-9-12/h4-9H2,1-3H3. The van der Waals surface area contributed by atoms with Crippen LogP contribution in [0.2, 0.25) is 0 Å². The van der Waals surface area contributed by atoms with Crippen molar-refractivity contribution in [3.05, 3.63) is 0 Å². The number of carbonyl (C=O) groups excluding carboxylic acids is 1. The van der Waals surface area contributed by atoms with Crippen LogP contribution in [0.25, 0.3) is 0 Å². The van der Waals surface area contributed by atoms with Crippen LogP contribution < -0.4 is 0 Å². The first kappa shape index (κ1) is 10.7. The van der Waals surface area contributed by atoms with E-state index in [0.29, 0.717) is 5.78 Å². The fourth-order valence-electron chi connectivity index (χ4n) is 2.08. The predicted molar refractivity (Wildman–Crippen MR) is 54.8 cm³/mol. The summed E-state index contributed by atoms with van der Waals surface area (Å²) in [6, 6.07) is 0. The molecule has 0 aliphatic carbocycles. The maximum Gasteiger partial charge on any atom is 0.149 e. The van der Waals surface area contributed by atoms with E-state index in [1.54, 1.807) is 6.92 Å². The third-order valence-corrected chi connectivity index (χ3v) is 3.50. The Bertz CT molecular complexity index is 185. The first-order valence-corrected chi connectivity index (χ1v) is 5.37. The smallest absolute Gasteiger partial charge is 0.149 e. The van der Waals surface area contributed by atoms with Crippen molar-refractivity contribution < 1.29 is 4.79 Å². The SMILES string of the molecule is CCC(C)(C(C)=O)N1CCCCC1. The average molecular weight is 183 g/mol. The Morgan fingerprint density at radius 2 is 1.85 bits per heavy atom. The number of carbonyl (C=O) groups is 1. The van der Waals surface area contributed by atoms with Gasteiger partial charge in [-0.25, -0.2) is 0 Å². The summed E-state index contributed by atoms with van der Waals surface area (Å²) in [4.78, 5) is 13.9. The Balaban J connectivity index is 2.68. The second kappa shape index (κ2) is 4.23. The van der Waals surface area contributed by atoms with Gasteiger partial charge in [0.2, 0.25) is 0 Å². The molecule has 0 spiro atoms. The van der Waals surface area contributed by atoms with E-state index in [1.165, 1.54) is 19.3 Å². The molecule has 0 aromatic heterocycles. The highest BCUT2D eigenvalue weighted by atomic mass is 16.1. The largest absolute Gasteiger partial charge is 0.298 e. The van der Waals surface area contributed by atoms with Gasteiger partial charge in [0.25, 0.3) is 0 Å². The second-order valence-corrected chi connectivity index (χ2v) is 4.23. The Morgan fingerprint density at radius 3 is 2.23 bits per heavy atom. The van der Waals surface area contributed by atoms with Gasteiger partial charge in [-0.1, -0.05) is 13.3 Å². The number of likely N-dealkylation sites (tertiary alicyclic amines) is 1. The van der Waals surface area contributed by atoms with E-state index < -0.39 is 0 Å². The van der Waals surface area contributed by atoms with Crippen LogP contribution in [-0.2, 0) is 4.79 Å². The maximum absolute atomic E-state index is 11.6. The van der Waals surface area contributed by atoms with Gasteiger partial charge in [0.1, 0.15) is 5.78 Å². The molecule has 0 amide bonds. The zero-order valence-electron chi connectivity index (χ0n) is 9.10. The van der Waals surface area contributed by atoms with Crippen molar-refractivity contribution in [2.24, 2.45) is 0 Å². The van der Waals surface area contributed by atoms with Crippen molar-refractivity contribution in [2.75, 3.05) is 13.1 Å². The Kier molecular flexibility index (Phi) is 3.48. The minimum absolute atomic E-state index is 0.194. The van der Waals surface area contributed by atoms with Gasteiger partial charge in [-0.3, -0.25) is 9.69 Å². The van der Waals surface area contributed by atoms with Crippen LogP contribution in [0.1, 0.15) is 46.5 Å². The molecule has 2 heteroatoms. The van der Waals surface area contributed by atoms with E-state index in [-0.39, 0.29) is 5.54 Å². The molecule has 76 valence electrons. The molecule has 1 aliphatic heterocycles. The quantitative estimate of drug-likeness (QED) is 0.668. The summed E-state index contributed by atoms with van der Waals surface area (Å²) in [7, 11) is 0. The fraction of sp³-hybridized carbons (Fsp3) is 0.909. The van der Waals surface area contributed by atoms with E-state index >= 15 is 0 Å². The van der Waals surface area contributed by atoms with Gasteiger partial charge in [-0.15, -0.1) is 0 Å². The number of Topliss-reactive ketones (excluding diaryl/α,β-unsaturated/α-hetero) is 1. The van der Waals surface area contributed by atoms with E-state index in [0.717, 1.165) is 19.5 Å². The third kappa shape index (κ3) is 2.11. The van der Waals surface area contributed by atoms with Gasteiger partial charge in [0.05, 0.1) is 5.54 Å². The Hall–Kier alpha value is -0.370. The summed E-state index contributed by atoms with van der Waals surface area (Å²) >= 11 is 0. The highest BCUT2D eigenvalue weighted by molar-refractivity contribution is 5.85. The van der Waals surface area contributed by atoms with Crippen molar-refractivity contribution in [3.8, 4) is 0 Å². The summed E-state index contributed by atoms with van der Waals surface area (Å²) in [6.45, 7) is 8.11. The summed E-state index contributed by atoms with van der Waals surface area (Å²) < 4.78 is 0. The number of hydrogen-bond donors (Lipinski definition) is 0. The zero-order chi connectivity index (χ0) is 9.90. The minimum atomic E-state index is -0.194. The highest BCUT2D eigenvalue weighted by Gasteiger charge is 2.34. The molecule has 1 fully saturated rings. The number of hydrogen-bond acceptors (Lipinski definition) is 2. The lowest BCUT2D eigenvalue weighted by Gasteiger charge is -2.41. The topological polar surface area (TPSA) is 20.3 Å². The molecule has 1 rings (SSSR count). The molecule has 1 saturated heterocycles. The first-order chi connectivity index (χ1) is 6.11. The molecule has 1 atom stereocenters. The van der Waals surface area contributed by atoms with Crippen LogP contribution in [0, 0.1) is 0 Å². The normalized spacial score (nSPS) is 23.9. The summed E-state index contributed by atoms with van der Waals surface area (Å²) in [5, 5.41) is 0. The lowest BCUT2D eigenvalue weighted by Crippen LogP contribution is -2.53. The lowest BCUT2D eigenvalue weighted by atomic mass is 9.90. The van der Waals surface area contributed by atoms with Crippen LogP contribution in [0.5, 0.6) is 0 Å². The molecule has 0 radical (unpaired) electrons. The third-order valence-electron chi connectivity index (χ3n) is 3.50. The van der Waals surface area contributed by atoms with Crippen molar-refractivity contribution in [2.45, 2.75) is 52.0 Å². The number of piperidine rings is 1. The van der Waals surface area contributed by atoms with Gasteiger partial charge in [0, 0.05) is 0 Å². The van der Waals surface area contributed by atoms with Gasteiger partial charge < -0.3 is 0 Å². The summed E-state index contributed by atoms with van der Waals surface area (Å²) in [6.07, 6.45) is 4.77. The van der Waals surface area contributed by atoms with Crippen LogP contribution >= 0.6 is 0 Å². The van der Waals surface area contributed by atoms with Crippen molar-refractivity contribution in [1.82, 2.24) is 4.90 Å². The van der Waals surface area contributed by atoms with E-state index in [4.69, 9.17) is 0 Å². The molecule has 1 heterocycles. The van der Waals surface area contributed by atoms with Gasteiger partial charge in [0.15, 0.2) is 0 Å². The highest BCUT2D eigenvalue weighted by Crippen LogP contribution is 2.24. The van der Waals surface area contributed by atoms with E-state index in [2.05, 4.69) is 18.7 Å². The number of rotatable bonds is 3. The Labute approximate surface area is 81.3 Å². The van der Waals surface area contributed by atoms with Crippen LogP contribution in [-0.4, -0.2) is 29.3 Å². The van der Waals surface area contributed by atoms with Gasteiger partial charge >= 0.3 is 0 Å². The fourth-order valence-corrected chi connectivity index (χ4v) is 2.08. The lowest BCUT2D eigenvalue weighted by molar-refractivity contribution is -0.129. The minimum Gasteiger partial charge on any atom is -0.298 e. The van der Waals surface area contributed by atoms with E-state index in [9.17, 15) is 4.79 Å². The molecule has 0 saturated carbocycles. The Morgan fingerprint density at radius 1 is 1.31 bits per heavy atom. The van der Waals surface area contributed by atoms with Crippen LogP contribution in [0.15, 0.2) is 0 Å². The zero-order valence-corrected chi connectivity index (χ0v) is 9.10. The van der Waals surface area contributed by atoms with Gasteiger partial charge in [-0.05, 0) is 46.2 Å². The summed E-state index contributed by atoms with van der Waals surface area (Å²) in [5.41, 5.74) is -0.194. The van der Waals surface area contributed by atoms with Crippen molar-refractivity contribution >= 4 is 5.78 Å². The second-order valence-electron chi connectivity index (χ2n) is 4.23. The predicted octanol–water partition coefficient (Wildman–Crippen LogP) is 2.23. The molecule has 0 aromatic carbocycles. The molecular formula is C11H21NO. The molecule has 0 N–H and O–H groups in total. The van der Waals surface area contributed by atoms with Crippen molar-refractivity contribution in [1.29, 1.82) is 0 Å². The monoisotopic (exact) mass is 183 g/mol. The maximum atomic E-state index is 11.6. The van der Waals surface area contributed by atoms with Crippen LogP contribution in [0.3, 0.4) is 0 Å². The molecule has 1 unspecified atom stereocenters. The van der Waals surface area contributed by atoms with Gasteiger partial charge in [-0.2, -0.15) is 0 Å².